The number of nitrogens with one attached hydrogen (secondary N) is 1. The van der Waals surface area contributed by atoms with Gasteiger partial charge in [0.05, 0.1) is 49.2 Å². The lowest BCUT2D eigenvalue weighted by Gasteiger charge is -2.44. The number of anilines is 2. The fourth-order valence-electron chi connectivity index (χ4n) is 4.87. The Bertz CT molecular complexity index is 1150. The molecule has 0 bridgehead atoms. The Labute approximate surface area is 208 Å². The molecule has 1 fully saturated rings. The summed E-state index contributed by atoms with van der Waals surface area (Å²) in [4.78, 5) is 33.7. The summed E-state index contributed by atoms with van der Waals surface area (Å²) < 4.78 is 4.16. The van der Waals surface area contributed by atoms with Gasteiger partial charge in [0.25, 0.3) is 0 Å². The fraction of sp³-hybridized carbons (Fsp3) is 0.440. The van der Waals surface area contributed by atoms with Crippen LogP contribution in [0, 0.1) is 11.8 Å². The monoisotopic (exact) mass is 501 g/mol. The van der Waals surface area contributed by atoms with Crippen molar-refractivity contribution in [1.82, 2.24) is 5.32 Å². The SMILES string of the molecule is COOC(=O)/C=C(\CN1SN(C)c2cc(CCO)cc3cccc1c23)C(C)C1NC(=O)C1C(C)O. The third kappa shape index (κ3) is 4.97. The largest absolute Gasteiger partial charge is 0.396 e. The maximum absolute atomic E-state index is 12.3. The second-order valence-electron chi connectivity index (χ2n) is 8.96. The summed E-state index contributed by atoms with van der Waals surface area (Å²) in [5.41, 5.74) is 3.86. The van der Waals surface area contributed by atoms with Crippen molar-refractivity contribution in [3.8, 4) is 0 Å². The van der Waals surface area contributed by atoms with Gasteiger partial charge >= 0.3 is 5.97 Å². The van der Waals surface area contributed by atoms with Gasteiger partial charge in [-0.2, -0.15) is 4.89 Å². The Morgan fingerprint density at radius 3 is 2.71 bits per heavy atom. The molecular weight excluding hydrogens is 470 g/mol. The molecule has 0 saturated carbocycles. The highest BCUT2D eigenvalue weighted by atomic mass is 32.2. The Morgan fingerprint density at radius 2 is 2.06 bits per heavy atom. The molecule has 2 aromatic carbocycles. The molecular formula is C25H31N3O6S. The van der Waals surface area contributed by atoms with E-state index >= 15 is 0 Å². The van der Waals surface area contributed by atoms with Crippen molar-refractivity contribution in [3.05, 3.63) is 47.5 Å². The van der Waals surface area contributed by atoms with Gasteiger partial charge in [-0.15, -0.1) is 0 Å². The van der Waals surface area contributed by atoms with E-state index in [1.54, 1.807) is 6.92 Å². The normalized spacial score (nSPS) is 21.4. The van der Waals surface area contributed by atoms with Crippen molar-refractivity contribution in [2.75, 3.05) is 35.9 Å². The zero-order valence-electron chi connectivity index (χ0n) is 20.2. The molecule has 2 aromatic rings. The predicted molar refractivity (Wildman–Crippen MR) is 136 cm³/mol. The summed E-state index contributed by atoms with van der Waals surface area (Å²) in [5, 5.41) is 24.6. The number of hydrogen-bond acceptors (Lipinski definition) is 9. The Kier molecular flexibility index (Phi) is 7.56. The van der Waals surface area contributed by atoms with Crippen LogP contribution in [0.3, 0.4) is 0 Å². The Hall–Kier alpha value is -2.79. The van der Waals surface area contributed by atoms with Crippen molar-refractivity contribution in [3.63, 3.8) is 0 Å². The number of carbonyl (C=O) groups is 2. The quantitative estimate of drug-likeness (QED) is 0.157. The molecule has 1 amide bonds. The first-order valence-corrected chi connectivity index (χ1v) is 12.3. The predicted octanol–water partition coefficient (Wildman–Crippen LogP) is 2.36. The van der Waals surface area contributed by atoms with Crippen LogP contribution in [0.5, 0.6) is 0 Å². The molecule has 2 aliphatic heterocycles. The molecule has 0 spiro atoms. The average molecular weight is 502 g/mol. The topological polar surface area (TPSA) is 112 Å². The van der Waals surface area contributed by atoms with Crippen LogP contribution in [0.25, 0.3) is 10.8 Å². The van der Waals surface area contributed by atoms with E-state index < -0.39 is 18.0 Å². The van der Waals surface area contributed by atoms with Crippen molar-refractivity contribution in [1.29, 1.82) is 0 Å². The molecule has 35 heavy (non-hydrogen) atoms. The first-order valence-electron chi connectivity index (χ1n) is 11.5. The molecule has 9 nitrogen and oxygen atoms in total. The third-order valence-corrected chi connectivity index (χ3v) is 7.62. The molecule has 0 radical (unpaired) electrons. The number of aliphatic hydroxyl groups excluding tert-OH is 2. The minimum Gasteiger partial charge on any atom is -0.396 e. The summed E-state index contributed by atoms with van der Waals surface area (Å²) in [5.74, 6) is -1.62. The van der Waals surface area contributed by atoms with E-state index in [-0.39, 0.29) is 24.5 Å². The van der Waals surface area contributed by atoms with Gasteiger partial charge in [0.2, 0.25) is 5.91 Å². The summed E-state index contributed by atoms with van der Waals surface area (Å²) in [6, 6.07) is 9.96. The van der Waals surface area contributed by atoms with Gasteiger partial charge in [0.1, 0.15) is 0 Å². The van der Waals surface area contributed by atoms with Crippen molar-refractivity contribution < 1.29 is 29.6 Å². The molecule has 3 N–H and O–H groups in total. The van der Waals surface area contributed by atoms with E-state index in [1.165, 1.54) is 25.3 Å². The number of rotatable bonds is 9. The summed E-state index contributed by atoms with van der Waals surface area (Å²) >= 11 is 1.50. The van der Waals surface area contributed by atoms with Crippen molar-refractivity contribution in [2.45, 2.75) is 32.4 Å². The second kappa shape index (κ2) is 10.4. The highest BCUT2D eigenvalue weighted by Gasteiger charge is 2.46. The average Bonchev–Trinajstić information content (AvgIpc) is 2.79. The minimum absolute atomic E-state index is 0.0857. The van der Waals surface area contributed by atoms with Gasteiger partial charge in [-0.1, -0.05) is 25.1 Å². The minimum atomic E-state index is -0.799. The van der Waals surface area contributed by atoms with Gasteiger partial charge in [0.15, 0.2) is 0 Å². The number of hydrogen-bond donors (Lipinski definition) is 3. The van der Waals surface area contributed by atoms with Crippen LogP contribution in [-0.2, 0) is 25.8 Å². The van der Waals surface area contributed by atoms with Gasteiger partial charge in [-0.05, 0) is 42.0 Å². The molecule has 10 heteroatoms. The molecule has 0 aromatic heterocycles. The van der Waals surface area contributed by atoms with Crippen molar-refractivity contribution in [2.24, 2.45) is 11.8 Å². The molecule has 2 heterocycles. The third-order valence-electron chi connectivity index (χ3n) is 6.66. The highest BCUT2D eigenvalue weighted by molar-refractivity contribution is 8.02. The fourth-order valence-corrected chi connectivity index (χ4v) is 5.85. The van der Waals surface area contributed by atoms with Crippen LogP contribution in [0.4, 0.5) is 11.4 Å². The number of benzene rings is 2. The van der Waals surface area contributed by atoms with Gasteiger partial charge < -0.3 is 19.8 Å². The maximum Gasteiger partial charge on any atom is 0.365 e. The maximum atomic E-state index is 12.3. The van der Waals surface area contributed by atoms with E-state index in [4.69, 9.17) is 4.89 Å². The van der Waals surface area contributed by atoms with Crippen LogP contribution >= 0.6 is 12.1 Å². The van der Waals surface area contributed by atoms with Gasteiger partial charge in [-0.25, -0.2) is 4.79 Å². The number of aliphatic hydroxyl groups is 2. The first kappa shape index (κ1) is 25.3. The molecule has 2 aliphatic rings. The van der Waals surface area contributed by atoms with Crippen LogP contribution in [-0.4, -0.2) is 61.5 Å². The van der Waals surface area contributed by atoms with Gasteiger partial charge in [0, 0.05) is 37.1 Å². The van der Waals surface area contributed by atoms with Gasteiger partial charge in [-0.3, -0.25) is 14.0 Å². The first-order chi connectivity index (χ1) is 16.7. The standard InChI is InChI=1S/C25H31N3O6S/c1-14(24-22(15(2)30)25(32)26-24)18(12-21(31)34-33-4)13-28-19-7-5-6-17-10-16(8-9-29)11-20(23(17)19)27(3)35-28/h5-7,10-12,14-15,22,24,29-30H,8-9,13H2,1-4H3,(H,26,32)/b18-12+. The lowest BCUT2D eigenvalue weighted by atomic mass is 9.76. The van der Waals surface area contributed by atoms with E-state index in [9.17, 15) is 19.8 Å². The van der Waals surface area contributed by atoms with E-state index in [1.807, 2.05) is 26.1 Å². The number of carbonyl (C=O) groups excluding carboxylic acids is 2. The summed E-state index contributed by atoms with van der Waals surface area (Å²) in [6.07, 6.45) is 1.18. The van der Waals surface area contributed by atoms with E-state index in [0.29, 0.717) is 13.0 Å². The van der Waals surface area contributed by atoms with E-state index in [2.05, 4.69) is 37.0 Å². The number of nitrogens with zero attached hydrogens (tertiary/aromatic N) is 2. The Balaban J connectivity index is 1.70. The number of amides is 1. The zero-order chi connectivity index (χ0) is 25.3. The lowest BCUT2D eigenvalue weighted by Crippen LogP contribution is -2.64. The number of β-lactam (4-membered cyclic amide) rings is 1. The van der Waals surface area contributed by atoms with E-state index in [0.717, 1.165) is 33.3 Å². The van der Waals surface area contributed by atoms with Crippen molar-refractivity contribution >= 4 is 46.2 Å². The van der Waals surface area contributed by atoms with Crippen LogP contribution in [0.1, 0.15) is 19.4 Å². The lowest BCUT2D eigenvalue weighted by molar-refractivity contribution is -0.249. The van der Waals surface area contributed by atoms with Crippen LogP contribution < -0.4 is 13.9 Å². The van der Waals surface area contributed by atoms with Crippen LogP contribution in [0.2, 0.25) is 0 Å². The molecule has 4 atom stereocenters. The molecule has 1 saturated heterocycles. The molecule has 4 unspecified atom stereocenters. The second-order valence-corrected chi connectivity index (χ2v) is 10.1. The summed E-state index contributed by atoms with van der Waals surface area (Å²) in [6.45, 7) is 4.00. The Morgan fingerprint density at radius 1 is 1.29 bits per heavy atom. The smallest absolute Gasteiger partial charge is 0.365 e. The zero-order valence-corrected chi connectivity index (χ0v) is 21.0. The molecule has 188 valence electrons. The van der Waals surface area contributed by atoms with Crippen LogP contribution in [0.15, 0.2) is 42.0 Å². The molecule has 0 aliphatic carbocycles. The molecule has 4 rings (SSSR count). The highest BCUT2D eigenvalue weighted by Crippen LogP contribution is 2.46. The summed E-state index contributed by atoms with van der Waals surface area (Å²) in [7, 11) is 3.25.